The highest BCUT2D eigenvalue weighted by Gasteiger charge is 2.80. The summed E-state index contributed by atoms with van der Waals surface area (Å²) in [5.41, 5.74) is -2.58. The Morgan fingerprint density at radius 1 is 0.560 bits per heavy atom. The van der Waals surface area contributed by atoms with Crippen LogP contribution in [0.3, 0.4) is 0 Å². The van der Waals surface area contributed by atoms with Crippen LogP contribution in [0.15, 0.2) is 0 Å². The van der Waals surface area contributed by atoms with Gasteiger partial charge >= 0.3 is 0 Å². The lowest BCUT2D eigenvalue weighted by Gasteiger charge is -2.75. The molecule has 30 atom stereocenters. The zero-order valence-electron chi connectivity index (χ0n) is 44.3. The second-order valence-corrected chi connectivity index (χ2v) is 26.2. The Morgan fingerprint density at radius 2 is 1.17 bits per heavy atom. The van der Waals surface area contributed by atoms with Crippen molar-refractivity contribution < 1.29 is 109 Å². The Labute approximate surface area is 437 Å². The van der Waals surface area contributed by atoms with Crippen LogP contribution in [0, 0.1) is 50.2 Å². The molecular formula is C53H86O22. The lowest BCUT2D eigenvalue weighted by atomic mass is 9.30. The van der Waals surface area contributed by atoms with Gasteiger partial charge in [0.05, 0.1) is 50.3 Å². The summed E-state index contributed by atoms with van der Waals surface area (Å²) in [6, 6.07) is 0. The van der Waals surface area contributed by atoms with Crippen molar-refractivity contribution in [3.63, 3.8) is 0 Å². The minimum Gasteiger partial charge on any atom is -0.394 e. The van der Waals surface area contributed by atoms with Gasteiger partial charge in [-0.15, -0.1) is 0 Å². The van der Waals surface area contributed by atoms with E-state index in [-0.39, 0.29) is 46.0 Å². The van der Waals surface area contributed by atoms with Crippen LogP contribution in [0.4, 0.5) is 0 Å². The molecule has 0 unspecified atom stereocenters. The van der Waals surface area contributed by atoms with E-state index < -0.39 is 159 Å². The van der Waals surface area contributed by atoms with Crippen LogP contribution in [-0.2, 0) is 47.4 Å². The molecule has 75 heavy (non-hydrogen) atoms. The van der Waals surface area contributed by atoms with Gasteiger partial charge in [0.25, 0.3) is 0 Å². The number of aliphatic hydroxyl groups is 12. The molecule has 22 heteroatoms. The summed E-state index contributed by atoms with van der Waals surface area (Å²) in [4.78, 5) is 12.6. The summed E-state index contributed by atoms with van der Waals surface area (Å²) in [5.74, 6) is 0.451. The molecule has 0 amide bonds. The first kappa shape index (κ1) is 57.1. The maximum atomic E-state index is 12.6. The zero-order valence-corrected chi connectivity index (χ0v) is 44.3. The van der Waals surface area contributed by atoms with Crippen molar-refractivity contribution in [3.05, 3.63) is 0 Å². The highest BCUT2D eigenvalue weighted by molar-refractivity contribution is 5.59. The fourth-order valence-corrected chi connectivity index (χ4v) is 17.6. The fraction of sp³-hybridized carbons (Fsp3) is 0.981. The van der Waals surface area contributed by atoms with Gasteiger partial charge in [-0.05, 0) is 105 Å². The molecule has 10 rings (SSSR count). The second-order valence-electron chi connectivity index (χ2n) is 26.2. The summed E-state index contributed by atoms with van der Waals surface area (Å²) >= 11 is 0. The number of ether oxygens (including phenoxy) is 9. The van der Waals surface area contributed by atoms with E-state index in [2.05, 4.69) is 41.5 Å². The number of fused-ring (bicyclic) bond motifs is 4. The second kappa shape index (κ2) is 20.1. The normalized spacial score (nSPS) is 58.5. The topological polar surface area (TPSA) is 343 Å². The first-order chi connectivity index (χ1) is 35.2. The summed E-state index contributed by atoms with van der Waals surface area (Å²) in [5, 5.41) is 131. The Bertz CT molecular complexity index is 2050. The average Bonchev–Trinajstić information content (AvgIpc) is 3.66. The van der Waals surface area contributed by atoms with Crippen molar-refractivity contribution in [2.45, 2.75) is 247 Å². The van der Waals surface area contributed by atoms with Crippen molar-refractivity contribution in [3.8, 4) is 0 Å². The highest BCUT2D eigenvalue weighted by atomic mass is 16.8. The number of aldehydes is 1. The maximum absolute atomic E-state index is 12.6. The van der Waals surface area contributed by atoms with Gasteiger partial charge < -0.3 is 109 Å². The van der Waals surface area contributed by atoms with E-state index in [0.29, 0.717) is 25.9 Å². The summed E-state index contributed by atoms with van der Waals surface area (Å²) in [6.45, 7) is 13.6. The van der Waals surface area contributed by atoms with Crippen molar-refractivity contribution in [1.29, 1.82) is 0 Å². The summed E-state index contributed by atoms with van der Waals surface area (Å²) in [7, 11) is 0. The number of hydrogen-bond acceptors (Lipinski definition) is 22. The largest absolute Gasteiger partial charge is 0.394 e. The molecule has 5 heterocycles. The van der Waals surface area contributed by atoms with Crippen LogP contribution in [0.2, 0.25) is 0 Å². The van der Waals surface area contributed by atoms with E-state index in [1.54, 1.807) is 0 Å². The summed E-state index contributed by atoms with van der Waals surface area (Å²) in [6.07, 6.45) is -23.0. The number of carbonyl (C=O) groups excluding carboxylic acids is 1. The first-order valence-corrected chi connectivity index (χ1v) is 27.5. The van der Waals surface area contributed by atoms with Crippen LogP contribution in [0.25, 0.3) is 0 Å². The van der Waals surface area contributed by atoms with Gasteiger partial charge in [0.15, 0.2) is 25.2 Å². The van der Waals surface area contributed by atoms with E-state index in [1.807, 2.05) is 0 Å². The average molecular weight is 1080 g/mol. The van der Waals surface area contributed by atoms with Gasteiger partial charge in [0.1, 0.15) is 91.7 Å². The van der Waals surface area contributed by atoms with Crippen LogP contribution in [0.5, 0.6) is 0 Å². The van der Waals surface area contributed by atoms with Gasteiger partial charge in [0.2, 0.25) is 0 Å². The minimum atomic E-state index is -1.96. The van der Waals surface area contributed by atoms with Crippen LogP contribution in [0.1, 0.15) is 113 Å². The zero-order chi connectivity index (χ0) is 54.3. The Hall–Kier alpha value is -1.17. The molecule has 10 aliphatic rings. The van der Waals surface area contributed by atoms with Crippen LogP contribution < -0.4 is 0 Å². The van der Waals surface area contributed by atoms with Gasteiger partial charge in [-0.25, -0.2) is 0 Å². The quantitative estimate of drug-likeness (QED) is 0.0827. The third-order valence-corrected chi connectivity index (χ3v) is 22.3. The Balaban J connectivity index is 0.894. The SMILES string of the molecule is C[C@@H]1O[C@@H](O[C@H]2[C@H](O)[C@@H](O)[C@H](O[C@H]3[C@H](O[C@H]4CC[C@@]5(C)[C@H](CC[C@]6(C)[C@H]5CC[C@]57OC[C@@]8(CC[C@](C)(C=O)C[C@H]85)[C@H](O)C[C@]76C)C4(C)C)OC[C@H](O[C@@H]4O[C@H](CO)[C@@H](O)[C@H](O)[C@H]4O)[C@@H]3O)O[C@@H]2CO)[C@H](O)[C@H](O)[C@H]1O. The monoisotopic (exact) mass is 1070 g/mol. The maximum Gasteiger partial charge on any atom is 0.187 e. The van der Waals surface area contributed by atoms with E-state index in [4.69, 9.17) is 42.6 Å². The standard InChI is InChI=1S/C53H86O22/c1-23-32(58)35(61)38(64)43(69-23)74-41-25(19-55)71-45(40(66)37(41)63)75-42-34(60)26(72-44-39(65)36(62)33(59)24(18-54)70-44)20-67-46(42)73-31-10-11-49(5)27(47(31,2)3)8-12-50(6)28(49)9-13-53-29-16-48(4,21-56)14-15-52(29,22-68-53)30(57)17-51(50,53)7/h21,23-46,54-55,57-66H,8-20,22H2,1-7H3/t23-,24+,25+,26-,27+,28-,29+,30+,31-,32-,33+,34-,35+,36-,37+,38+,39+,40+,41+,42+,43-,44-,45-,46-,48-,49-,50+,51-,52+,53-/m0/s1. The number of hydrogen-bond donors (Lipinski definition) is 12. The molecule has 0 aromatic heterocycles. The number of carbonyl (C=O) groups is 1. The lowest BCUT2D eigenvalue weighted by Crippen LogP contribution is -2.74. The van der Waals surface area contributed by atoms with E-state index in [9.17, 15) is 66.1 Å². The molecule has 0 radical (unpaired) electrons. The van der Waals surface area contributed by atoms with E-state index >= 15 is 0 Å². The molecule has 22 nitrogen and oxygen atoms in total. The molecule has 5 saturated carbocycles. The highest BCUT2D eigenvalue weighted by Crippen LogP contribution is 2.80. The predicted octanol–water partition coefficient (Wildman–Crippen LogP) is -1.50. The van der Waals surface area contributed by atoms with Crippen LogP contribution >= 0.6 is 0 Å². The molecule has 430 valence electrons. The minimum absolute atomic E-state index is 0.0717. The Kier molecular flexibility index (Phi) is 15.3. The number of rotatable bonds is 11. The molecule has 1 spiro atoms. The molecule has 12 N–H and O–H groups in total. The van der Waals surface area contributed by atoms with Gasteiger partial charge in [-0.1, -0.05) is 41.5 Å². The molecule has 0 aromatic rings. The molecule has 5 saturated heterocycles. The van der Waals surface area contributed by atoms with Gasteiger partial charge in [-0.2, -0.15) is 0 Å². The first-order valence-electron chi connectivity index (χ1n) is 27.5. The van der Waals surface area contributed by atoms with Crippen LogP contribution in [-0.4, -0.2) is 229 Å². The number of aliphatic hydroxyl groups excluding tert-OH is 12. The molecule has 2 bridgehead atoms. The third kappa shape index (κ3) is 8.54. The Morgan fingerprint density at radius 3 is 1.85 bits per heavy atom. The molecular weight excluding hydrogens is 989 g/mol. The third-order valence-electron chi connectivity index (χ3n) is 22.3. The molecule has 10 fully saturated rings. The van der Waals surface area contributed by atoms with E-state index in [1.165, 1.54) is 6.92 Å². The molecule has 0 aromatic carbocycles. The summed E-state index contributed by atoms with van der Waals surface area (Å²) < 4.78 is 55.8. The van der Waals surface area contributed by atoms with Gasteiger partial charge in [0, 0.05) is 16.2 Å². The van der Waals surface area contributed by atoms with Crippen molar-refractivity contribution in [2.24, 2.45) is 50.2 Å². The van der Waals surface area contributed by atoms with Gasteiger partial charge in [-0.3, -0.25) is 0 Å². The van der Waals surface area contributed by atoms with Crippen molar-refractivity contribution in [2.75, 3.05) is 26.4 Å². The van der Waals surface area contributed by atoms with E-state index in [0.717, 1.165) is 51.2 Å². The van der Waals surface area contributed by atoms with Crippen molar-refractivity contribution in [1.82, 2.24) is 0 Å². The predicted molar refractivity (Wildman–Crippen MR) is 255 cm³/mol. The smallest absolute Gasteiger partial charge is 0.187 e. The lowest BCUT2D eigenvalue weighted by molar-refractivity contribution is -0.392. The molecule has 5 aliphatic heterocycles. The van der Waals surface area contributed by atoms with Crippen molar-refractivity contribution >= 4 is 6.29 Å². The fourth-order valence-electron chi connectivity index (χ4n) is 17.6. The molecule has 5 aliphatic carbocycles.